The van der Waals surface area contributed by atoms with E-state index in [2.05, 4.69) is 160 Å². The average molecular weight is 728 g/mol. The molecule has 1 aromatic heterocycles. The predicted octanol–water partition coefficient (Wildman–Crippen LogP) is 14.4. The quantitative estimate of drug-likeness (QED) is 0.179. The van der Waals surface area contributed by atoms with E-state index >= 15 is 0 Å². The van der Waals surface area contributed by atoms with Gasteiger partial charge in [-0.1, -0.05) is 107 Å². The maximum absolute atomic E-state index is 6.47. The van der Waals surface area contributed by atoms with Gasteiger partial charge in [-0.25, -0.2) is 0 Å². The number of anilines is 3. The van der Waals surface area contributed by atoms with Crippen molar-refractivity contribution in [3.63, 3.8) is 0 Å². The maximum Gasteiger partial charge on any atom is 0.137 e. The number of furan rings is 1. The summed E-state index contributed by atoms with van der Waals surface area (Å²) in [5.41, 5.74) is 18.3. The topological polar surface area (TPSA) is 16.4 Å². The molecule has 56 heavy (non-hydrogen) atoms. The van der Waals surface area contributed by atoms with Gasteiger partial charge >= 0.3 is 0 Å². The van der Waals surface area contributed by atoms with Crippen LogP contribution in [0, 0.1) is 29.1 Å². The number of benzene rings is 6. The van der Waals surface area contributed by atoms with Crippen LogP contribution in [0.2, 0.25) is 0 Å². The standard InChI is InChI=1S/C54H49NO/c1-51(2)24-25-52(3,4)45-29-36(21-23-43(45)51)55(37-20-22-40-39-10-6-8-15-46(39)56-47(40)30-37)35-18-16-33(17-19-35)38-12-9-14-44-50(38)41-11-5-7-13-42(41)54(44)48-27-32-26-34-28-49(54)53(34,48)31-32/h5-23,29-30,32,34,48-49H,24-28,31H2,1-4H3. The molecule has 4 saturated carbocycles. The van der Waals surface area contributed by atoms with Gasteiger partial charge in [-0.05, 0) is 165 Å². The van der Waals surface area contributed by atoms with Crippen molar-refractivity contribution in [2.75, 3.05) is 4.90 Å². The molecule has 7 aromatic rings. The van der Waals surface area contributed by atoms with E-state index in [1.165, 1.54) is 77.6 Å². The molecule has 2 spiro atoms. The van der Waals surface area contributed by atoms with Crippen molar-refractivity contribution >= 4 is 39.0 Å². The molecule has 4 fully saturated rings. The fourth-order valence-electron chi connectivity index (χ4n) is 14.4. The van der Waals surface area contributed by atoms with Crippen LogP contribution in [0.25, 0.3) is 44.2 Å². The lowest BCUT2D eigenvalue weighted by molar-refractivity contribution is -0.231. The van der Waals surface area contributed by atoms with E-state index in [0.29, 0.717) is 5.41 Å². The predicted molar refractivity (Wildman–Crippen MR) is 230 cm³/mol. The van der Waals surface area contributed by atoms with Crippen molar-refractivity contribution in [1.82, 2.24) is 0 Å². The first-order valence-electron chi connectivity index (χ1n) is 21.4. The third kappa shape index (κ3) is 3.76. The molecule has 0 aliphatic heterocycles. The van der Waals surface area contributed by atoms with E-state index in [4.69, 9.17) is 4.42 Å². The minimum Gasteiger partial charge on any atom is -0.456 e. The van der Waals surface area contributed by atoms with E-state index in [1.54, 1.807) is 11.1 Å². The van der Waals surface area contributed by atoms with E-state index in [1.807, 2.05) is 0 Å². The Bertz CT molecular complexity index is 2820. The molecule has 6 aliphatic rings. The molecule has 2 bridgehead atoms. The summed E-state index contributed by atoms with van der Waals surface area (Å²) < 4.78 is 6.47. The summed E-state index contributed by atoms with van der Waals surface area (Å²) in [4.78, 5) is 2.45. The maximum atomic E-state index is 6.47. The second kappa shape index (κ2) is 10.5. The number of hydrogen-bond donors (Lipinski definition) is 0. The zero-order valence-electron chi connectivity index (χ0n) is 33.0. The molecule has 0 saturated heterocycles. The zero-order chi connectivity index (χ0) is 37.3. The average Bonchev–Trinajstić information content (AvgIpc) is 3.94. The van der Waals surface area contributed by atoms with Gasteiger partial charge in [0.1, 0.15) is 11.2 Å². The highest BCUT2D eigenvalue weighted by Crippen LogP contribution is 2.89. The lowest BCUT2D eigenvalue weighted by Crippen LogP contribution is -2.73. The summed E-state index contributed by atoms with van der Waals surface area (Å²) in [6.07, 6.45) is 8.28. The number of para-hydroxylation sites is 1. The van der Waals surface area contributed by atoms with Crippen LogP contribution in [0.1, 0.15) is 88.5 Å². The first-order valence-corrected chi connectivity index (χ1v) is 21.4. The summed E-state index contributed by atoms with van der Waals surface area (Å²) in [7, 11) is 0. The van der Waals surface area contributed by atoms with Gasteiger partial charge < -0.3 is 9.32 Å². The largest absolute Gasteiger partial charge is 0.456 e. The first-order chi connectivity index (χ1) is 27.2. The number of fused-ring (bicyclic) bond motifs is 12. The lowest BCUT2D eigenvalue weighted by atomic mass is 9.27. The second-order valence-electron chi connectivity index (χ2n) is 20.0. The fraction of sp³-hybridized carbons (Fsp3) is 0.333. The Morgan fingerprint density at radius 1 is 0.536 bits per heavy atom. The van der Waals surface area contributed by atoms with Crippen LogP contribution >= 0.6 is 0 Å². The van der Waals surface area contributed by atoms with Gasteiger partial charge in [0.15, 0.2) is 0 Å². The van der Waals surface area contributed by atoms with Gasteiger partial charge in [0.2, 0.25) is 0 Å². The molecular formula is C54H49NO. The van der Waals surface area contributed by atoms with Crippen molar-refractivity contribution in [1.29, 1.82) is 0 Å². The highest BCUT2D eigenvalue weighted by atomic mass is 16.3. The molecule has 6 atom stereocenters. The number of rotatable bonds is 4. The summed E-state index contributed by atoms with van der Waals surface area (Å²) in [5, 5.41) is 2.32. The SMILES string of the molecule is CC1(C)CCC(C)(C)c2cc(N(c3ccc(-c4cccc5c4-c4ccccc4C54C5CC6CC7CC4C75C6)cc3)c3ccc4c(c3)oc3ccccc34)ccc21. The molecule has 0 amide bonds. The van der Waals surface area contributed by atoms with E-state index in [-0.39, 0.29) is 16.2 Å². The van der Waals surface area contributed by atoms with Crippen LogP contribution in [0.5, 0.6) is 0 Å². The molecule has 6 unspecified atom stereocenters. The van der Waals surface area contributed by atoms with Gasteiger partial charge in [-0.15, -0.1) is 0 Å². The van der Waals surface area contributed by atoms with Gasteiger partial charge in [-0.3, -0.25) is 0 Å². The van der Waals surface area contributed by atoms with E-state index < -0.39 is 0 Å². The number of nitrogens with zero attached hydrogens (tertiary/aromatic N) is 1. The van der Waals surface area contributed by atoms with Crippen LogP contribution in [-0.2, 0) is 16.2 Å². The van der Waals surface area contributed by atoms with Gasteiger partial charge in [0, 0.05) is 39.3 Å². The number of hydrogen-bond acceptors (Lipinski definition) is 2. The van der Waals surface area contributed by atoms with E-state index in [9.17, 15) is 0 Å². The van der Waals surface area contributed by atoms with Crippen molar-refractivity contribution < 1.29 is 4.42 Å². The zero-order valence-corrected chi connectivity index (χ0v) is 33.0. The smallest absolute Gasteiger partial charge is 0.137 e. The Kier molecular flexibility index (Phi) is 5.98. The van der Waals surface area contributed by atoms with Crippen molar-refractivity contribution in [2.45, 2.75) is 82.5 Å². The monoisotopic (exact) mass is 727 g/mol. The molecule has 2 heteroatoms. The molecule has 2 nitrogen and oxygen atoms in total. The Balaban J connectivity index is 0.953. The van der Waals surface area contributed by atoms with Crippen molar-refractivity contribution in [3.8, 4) is 22.3 Å². The van der Waals surface area contributed by atoms with Gasteiger partial charge in [-0.2, -0.15) is 0 Å². The fourth-order valence-corrected chi connectivity index (χ4v) is 14.4. The van der Waals surface area contributed by atoms with Crippen molar-refractivity contribution in [2.24, 2.45) is 29.1 Å². The Hall–Kier alpha value is -5.08. The summed E-state index contributed by atoms with van der Waals surface area (Å²) >= 11 is 0. The highest BCUT2D eigenvalue weighted by Gasteiger charge is 2.84. The minimum atomic E-state index is 0.110. The Morgan fingerprint density at radius 3 is 2.07 bits per heavy atom. The molecule has 6 aliphatic carbocycles. The van der Waals surface area contributed by atoms with Gasteiger partial charge in [0.25, 0.3) is 0 Å². The first kappa shape index (κ1) is 32.1. The third-order valence-corrected chi connectivity index (χ3v) is 16.8. The molecule has 276 valence electrons. The normalized spacial score (nSPS) is 29.1. The van der Waals surface area contributed by atoms with Crippen LogP contribution in [-0.4, -0.2) is 0 Å². The van der Waals surface area contributed by atoms with Gasteiger partial charge in [0.05, 0.1) is 0 Å². The highest BCUT2D eigenvalue weighted by molar-refractivity contribution is 6.06. The molecule has 1 heterocycles. The third-order valence-electron chi connectivity index (χ3n) is 16.8. The molecule has 13 rings (SSSR count). The Morgan fingerprint density at radius 2 is 1.21 bits per heavy atom. The Labute approximate surface area is 330 Å². The van der Waals surface area contributed by atoms with Crippen LogP contribution < -0.4 is 4.90 Å². The lowest BCUT2D eigenvalue weighted by Gasteiger charge is -2.76. The second-order valence-corrected chi connectivity index (χ2v) is 20.0. The molecular weight excluding hydrogens is 679 g/mol. The van der Waals surface area contributed by atoms with Crippen LogP contribution in [0.4, 0.5) is 17.1 Å². The molecule has 0 N–H and O–H groups in total. The molecule has 0 radical (unpaired) electrons. The summed E-state index contributed by atoms with van der Waals surface area (Å²) in [6, 6.07) is 48.7. The van der Waals surface area contributed by atoms with Crippen molar-refractivity contribution in [3.05, 3.63) is 150 Å². The van der Waals surface area contributed by atoms with Crippen LogP contribution in [0.3, 0.4) is 0 Å². The van der Waals surface area contributed by atoms with Crippen LogP contribution in [0.15, 0.2) is 132 Å². The molecule has 6 aromatic carbocycles. The summed E-state index contributed by atoms with van der Waals surface area (Å²) in [5.74, 6) is 3.60. The minimum absolute atomic E-state index is 0.110. The van der Waals surface area contributed by atoms with E-state index in [0.717, 1.165) is 57.0 Å². The summed E-state index contributed by atoms with van der Waals surface area (Å²) in [6.45, 7) is 9.68.